The summed E-state index contributed by atoms with van der Waals surface area (Å²) in [4.78, 5) is 0. The monoisotopic (exact) mass is 372 g/mol. The fourth-order valence-corrected chi connectivity index (χ4v) is 4.29. The van der Waals surface area contributed by atoms with E-state index in [1.807, 2.05) is 0 Å². The molecule has 0 aromatic heterocycles. The summed E-state index contributed by atoms with van der Waals surface area (Å²) < 4.78 is 1.36. The first kappa shape index (κ1) is 12.6. The van der Waals surface area contributed by atoms with Gasteiger partial charge in [0.25, 0.3) is 0 Å². The van der Waals surface area contributed by atoms with Crippen molar-refractivity contribution in [3.05, 3.63) is 65.9 Å². The quantitative estimate of drug-likeness (QED) is 0.623. The first-order chi connectivity index (χ1) is 9.74. The predicted octanol–water partition coefficient (Wildman–Crippen LogP) is 3.28. The zero-order valence-corrected chi connectivity index (χ0v) is 13.8. The van der Waals surface area contributed by atoms with E-state index in [2.05, 4.69) is 72.0 Å². The molecular weight excluding hydrogens is 355 g/mol. The second-order valence-electron chi connectivity index (χ2n) is 6.02. The third-order valence-electron chi connectivity index (χ3n) is 4.61. The maximum Gasteiger partial charge on any atom is 0.0205 e. The summed E-state index contributed by atoms with van der Waals surface area (Å²) in [5.41, 5.74) is 3.17. The van der Waals surface area contributed by atoms with Crippen molar-refractivity contribution in [1.82, 2.24) is 0 Å². The number of fused-ring (bicyclic) bond motifs is 4. The molecule has 2 aliphatic carbocycles. The maximum absolute atomic E-state index is 2.45. The Kier molecular flexibility index (Phi) is 2.99. The van der Waals surface area contributed by atoms with Crippen molar-refractivity contribution in [1.29, 1.82) is 0 Å². The maximum atomic E-state index is 2.45. The lowest BCUT2D eigenvalue weighted by Gasteiger charge is -2.20. The van der Waals surface area contributed by atoms with Crippen LogP contribution >= 0.6 is 22.6 Å². The Hall–Kier alpha value is -1.09. The van der Waals surface area contributed by atoms with Gasteiger partial charge in [0.05, 0.1) is 0 Å². The SMILES string of the molecule is CC1CC=c2ccc3c(c2C1)CC=c1c(I)cccc1=3. The zero-order chi connectivity index (χ0) is 13.7. The van der Waals surface area contributed by atoms with Gasteiger partial charge in [-0.2, -0.15) is 0 Å². The molecule has 1 heteroatoms. The Balaban J connectivity index is 2.19. The molecule has 0 amide bonds. The van der Waals surface area contributed by atoms with Gasteiger partial charge in [0.2, 0.25) is 0 Å². The van der Waals surface area contributed by atoms with Gasteiger partial charge in [-0.05, 0) is 85.8 Å². The van der Waals surface area contributed by atoms with Crippen LogP contribution in [0.4, 0.5) is 0 Å². The molecule has 100 valence electrons. The molecule has 0 spiro atoms. The van der Waals surface area contributed by atoms with Gasteiger partial charge in [-0.1, -0.05) is 43.3 Å². The van der Waals surface area contributed by atoms with Crippen molar-refractivity contribution in [2.24, 2.45) is 5.92 Å². The zero-order valence-electron chi connectivity index (χ0n) is 11.6. The van der Waals surface area contributed by atoms with E-state index in [0.717, 1.165) is 12.3 Å². The van der Waals surface area contributed by atoms with Crippen LogP contribution in [0, 0.1) is 19.9 Å². The minimum absolute atomic E-state index is 0.784. The second kappa shape index (κ2) is 4.73. The Morgan fingerprint density at radius 1 is 1.00 bits per heavy atom. The van der Waals surface area contributed by atoms with Gasteiger partial charge in [0, 0.05) is 3.57 Å². The fraction of sp³-hybridized carbons (Fsp3) is 0.263. The molecule has 0 saturated heterocycles. The van der Waals surface area contributed by atoms with Crippen LogP contribution in [0.2, 0.25) is 0 Å². The number of halogens is 1. The average molecular weight is 372 g/mol. The Labute approximate surface area is 132 Å². The third kappa shape index (κ3) is 1.86. The second-order valence-corrected chi connectivity index (χ2v) is 7.18. The van der Waals surface area contributed by atoms with Crippen LogP contribution in [-0.4, -0.2) is 0 Å². The molecule has 2 aliphatic rings. The van der Waals surface area contributed by atoms with Crippen LogP contribution < -0.4 is 10.4 Å². The van der Waals surface area contributed by atoms with Crippen LogP contribution in [0.5, 0.6) is 0 Å². The van der Waals surface area contributed by atoms with E-state index in [9.17, 15) is 0 Å². The number of benzene rings is 2. The van der Waals surface area contributed by atoms with Gasteiger partial charge in [-0.15, -0.1) is 0 Å². The van der Waals surface area contributed by atoms with Gasteiger partial charge in [0.15, 0.2) is 0 Å². The summed E-state index contributed by atoms with van der Waals surface area (Å²) in [6.45, 7) is 2.36. The highest BCUT2D eigenvalue weighted by Gasteiger charge is 2.15. The molecule has 0 heterocycles. The highest BCUT2D eigenvalue weighted by atomic mass is 127. The van der Waals surface area contributed by atoms with E-state index < -0.39 is 0 Å². The van der Waals surface area contributed by atoms with Crippen LogP contribution in [0.15, 0.2) is 30.3 Å². The van der Waals surface area contributed by atoms with E-state index in [-0.39, 0.29) is 0 Å². The van der Waals surface area contributed by atoms with E-state index in [4.69, 9.17) is 0 Å². The highest BCUT2D eigenvalue weighted by Crippen LogP contribution is 2.21. The molecule has 4 rings (SSSR count). The molecule has 1 unspecified atom stereocenters. The molecule has 0 N–H and O–H groups in total. The van der Waals surface area contributed by atoms with E-state index in [0.29, 0.717) is 0 Å². The van der Waals surface area contributed by atoms with Crippen LogP contribution in [0.3, 0.4) is 0 Å². The van der Waals surface area contributed by atoms with Crippen molar-refractivity contribution >= 4 is 34.7 Å². The summed E-state index contributed by atoms with van der Waals surface area (Å²) >= 11 is 2.45. The van der Waals surface area contributed by atoms with Crippen LogP contribution in [-0.2, 0) is 12.8 Å². The largest absolute Gasteiger partial charge is 0.0767 e. The standard InChI is InChI=1S/C19H17I/c1-12-5-6-13-7-8-15-14-3-2-4-19(20)17(14)10-9-16(15)18(13)11-12/h2-4,6-8,10,12H,5,9,11H2,1H3. The fourth-order valence-electron chi connectivity index (χ4n) is 3.57. The van der Waals surface area contributed by atoms with E-state index in [1.165, 1.54) is 37.3 Å². The van der Waals surface area contributed by atoms with Gasteiger partial charge in [-0.3, -0.25) is 0 Å². The lowest BCUT2D eigenvalue weighted by molar-refractivity contribution is 0.587. The molecule has 0 aliphatic heterocycles. The molecule has 2 aromatic carbocycles. The highest BCUT2D eigenvalue weighted by molar-refractivity contribution is 14.1. The molecule has 0 bridgehead atoms. The topological polar surface area (TPSA) is 0 Å². The van der Waals surface area contributed by atoms with Crippen molar-refractivity contribution in [2.75, 3.05) is 0 Å². The Bertz CT molecular complexity index is 906. The number of hydrogen-bond donors (Lipinski definition) is 0. The normalized spacial score (nSPS) is 19.2. The van der Waals surface area contributed by atoms with E-state index >= 15 is 0 Å². The Morgan fingerprint density at radius 2 is 1.90 bits per heavy atom. The molecular formula is C19H17I. The van der Waals surface area contributed by atoms with Gasteiger partial charge >= 0.3 is 0 Å². The summed E-state index contributed by atoms with van der Waals surface area (Å²) in [5.74, 6) is 0.784. The van der Waals surface area contributed by atoms with Crippen molar-refractivity contribution in [3.63, 3.8) is 0 Å². The third-order valence-corrected chi connectivity index (χ3v) is 5.55. The molecule has 0 radical (unpaired) electrons. The van der Waals surface area contributed by atoms with Crippen molar-refractivity contribution in [2.45, 2.75) is 26.2 Å². The smallest absolute Gasteiger partial charge is 0.0205 e. The predicted molar refractivity (Wildman–Crippen MR) is 92.6 cm³/mol. The first-order valence-electron chi connectivity index (χ1n) is 7.34. The lowest BCUT2D eigenvalue weighted by atomic mass is 9.85. The number of rotatable bonds is 0. The summed E-state index contributed by atoms with van der Waals surface area (Å²) in [7, 11) is 0. The molecule has 20 heavy (non-hydrogen) atoms. The summed E-state index contributed by atoms with van der Waals surface area (Å²) in [6, 6.07) is 11.3. The van der Waals surface area contributed by atoms with Gasteiger partial charge in [-0.25, -0.2) is 0 Å². The number of hydrogen-bond acceptors (Lipinski definition) is 0. The average Bonchev–Trinajstić information content (AvgIpc) is 2.47. The van der Waals surface area contributed by atoms with Crippen molar-refractivity contribution < 1.29 is 0 Å². The Morgan fingerprint density at radius 3 is 2.80 bits per heavy atom. The molecule has 0 fully saturated rings. The van der Waals surface area contributed by atoms with Crippen molar-refractivity contribution in [3.8, 4) is 0 Å². The minimum atomic E-state index is 0.784. The van der Waals surface area contributed by atoms with Crippen LogP contribution in [0.25, 0.3) is 12.2 Å². The van der Waals surface area contributed by atoms with Gasteiger partial charge in [0.1, 0.15) is 0 Å². The summed E-state index contributed by atoms with van der Waals surface area (Å²) in [5, 5.41) is 5.78. The lowest BCUT2D eigenvalue weighted by Crippen LogP contribution is -2.23. The van der Waals surface area contributed by atoms with E-state index in [1.54, 1.807) is 11.1 Å². The molecule has 2 aromatic rings. The first-order valence-corrected chi connectivity index (χ1v) is 8.42. The molecule has 1 atom stereocenters. The minimum Gasteiger partial charge on any atom is -0.0767 e. The molecule has 0 saturated carbocycles. The van der Waals surface area contributed by atoms with Gasteiger partial charge < -0.3 is 0 Å². The molecule has 0 nitrogen and oxygen atoms in total. The summed E-state index contributed by atoms with van der Waals surface area (Å²) in [6.07, 6.45) is 8.39. The van der Waals surface area contributed by atoms with Crippen LogP contribution in [0.1, 0.15) is 24.5 Å².